The lowest BCUT2D eigenvalue weighted by molar-refractivity contribution is -0.106. The summed E-state index contributed by atoms with van der Waals surface area (Å²) in [6.45, 7) is 18.2. The van der Waals surface area contributed by atoms with Gasteiger partial charge in [0, 0.05) is 31.8 Å². The van der Waals surface area contributed by atoms with Gasteiger partial charge in [-0.25, -0.2) is 0 Å². The summed E-state index contributed by atoms with van der Waals surface area (Å²) in [5, 5.41) is 0.119. The van der Waals surface area contributed by atoms with Crippen molar-refractivity contribution in [2.45, 2.75) is 78.8 Å². The van der Waals surface area contributed by atoms with Gasteiger partial charge >= 0.3 is 0 Å². The van der Waals surface area contributed by atoms with Crippen LogP contribution < -0.4 is 4.74 Å². The molecule has 0 heterocycles. The van der Waals surface area contributed by atoms with Crippen LogP contribution in [0.25, 0.3) is 0 Å². The minimum Gasteiger partial charge on any atom is -0.546 e. The van der Waals surface area contributed by atoms with Crippen molar-refractivity contribution in [2.75, 3.05) is 28.4 Å². The average Bonchev–Trinajstić information content (AvgIpc) is 2.75. The normalized spacial score (nSPS) is 20.1. The molecule has 1 aromatic carbocycles. The first-order valence-electron chi connectivity index (χ1n) is 12.1. The fraction of sp³-hybridized carbons (Fsp3) is 0.643. The largest absolute Gasteiger partial charge is 0.546 e. The van der Waals surface area contributed by atoms with Crippen LogP contribution >= 0.6 is 0 Å². The van der Waals surface area contributed by atoms with E-state index in [0.717, 1.165) is 35.5 Å². The summed E-state index contributed by atoms with van der Waals surface area (Å²) in [6, 6.07) is 6.06. The summed E-state index contributed by atoms with van der Waals surface area (Å²) in [5.74, 6) is 2.20. The lowest BCUT2D eigenvalue weighted by Gasteiger charge is -2.45. The van der Waals surface area contributed by atoms with Crippen molar-refractivity contribution in [3.63, 3.8) is 0 Å². The van der Waals surface area contributed by atoms with Gasteiger partial charge in [0.2, 0.25) is 8.32 Å². The van der Waals surface area contributed by atoms with Crippen molar-refractivity contribution >= 4 is 8.32 Å². The van der Waals surface area contributed by atoms with Gasteiger partial charge in [0.05, 0.1) is 26.2 Å². The van der Waals surface area contributed by atoms with E-state index < -0.39 is 14.6 Å². The molecule has 34 heavy (non-hydrogen) atoms. The fourth-order valence-electron chi connectivity index (χ4n) is 4.56. The summed E-state index contributed by atoms with van der Waals surface area (Å²) in [5.41, 5.74) is 4.36. The fourth-order valence-corrected chi connectivity index (χ4v) is 5.72. The van der Waals surface area contributed by atoms with E-state index in [1.54, 1.807) is 28.4 Å². The zero-order valence-electron chi connectivity index (χ0n) is 23.4. The van der Waals surface area contributed by atoms with Gasteiger partial charge in [0.15, 0.2) is 6.29 Å². The van der Waals surface area contributed by atoms with E-state index in [-0.39, 0.29) is 16.4 Å². The molecule has 0 aromatic heterocycles. The molecule has 0 spiro atoms. The predicted octanol–water partition coefficient (Wildman–Crippen LogP) is 7.40. The Morgan fingerprint density at radius 1 is 1.09 bits per heavy atom. The Morgan fingerprint density at radius 3 is 2.21 bits per heavy atom. The first-order valence-corrected chi connectivity index (χ1v) is 15.0. The molecule has 0 saturated carbocycles. The average molecular weight is 491 g/mol. The van der Waals surface area contributed by atoms with Crippen LogP contribution in [0.2, 0.25) is 18.1 Å². The first-order chi connectivity index (χ1) is 15.7. The molecule has 0 amide bonds. The van der Waals surface area contributed by atoms with E-state index in [0.29, 0.717) is 0 Å². The molecule has 0 bridgehead atoms. The lowest BCUT2D eigenvalue weighted by atomic mass is 9.63. The SMILES string of the molecule is CO/C=C1\C(C)=C(O[Si](C)(C)C(C)(C)C)C[C@@H](Cc2c(OC)cccc2C(OC)OC)C1(C)C. The van der Waals surface area contributed by atoms with Crippen LogP contribution in [0.15, 0.2) is 41.4 Å². The maximum absolute atomic E-state index is 6.91. The van der Waals surface area contributed by atoms with Crippen molar-refractivity contribution < 1.29 is 23.4 Å². The highest BCUT2D eigenvalue weighted by molar-refractivity contribution is 6.74. The summed E-state index contributed by atoms with van der Waals surface area (Å²) >= 11 is 0. The Morgan fingerprint density at radius 2 is 1.71 bits per heavy atom. The molecular weight excluding hydrogens is 444 g/mol. The molecule has 192 valence electrons. The van der Waals surface area contributed by atoms with Gasteiger partial charge in [0.1, 0.15) is 5.75 Å². The van der Waals surface area contributed by atoms with E-state index in [1.807, 2.05) is 18.4 Å². The van der Waals surface area contributed by atoms with Crippen molar-refractivity contribution in [1.82, 2.24) is 0 Å². The zero-order chi connectivity index (χ0) is 25.9. The second-order valence-electron chi connectivity index (χ2n) is 11.3. The quantitative estimate of drug-likeness (QED) is 0.205. The van der Waals surface area contributed by atoms with E-state index >= 15 is 0 Å². The molecule has 0 aliphatic heterocycles. The predicted molar refractivity (Wildman–Crippen MR) is 141 cm³/mol. The van der Waals surface area contributed by atoms with Gasteiger partial charge in [-0.15, -0.1) is 0 Å². The van der Waals surface area contributed by atoms with Gasteiger partial charge in [-0.1, -0.05) is 46.8 Å². The van der Waals surface area contributed by atoms with Crippen LogP contribution in [0.5, 0.6) is 5.75 Å². The van der Waals surface area contributed by atoms with Crippen LogP contribution in [0.1, 0.15) is 65.4 Å². The van der Waals surface area contributed by atoms with Gasteiger partial charge in [-0.05, 0) is 60.0 Å². The Hall–Kier alpha value is -1.76. The van der Waals surface area contributed by atoms with Crippen molar-refractivity contribution in [3.8, 4) is 5.75 Å². The van der Waals surface area contributed by atoms with Crippen LogP contribution in [-0.2, 0) is 25.1 Å². The highest BCUT2D eigenvalue weighted by Gasteiger charge is 2.45. The number of hydrogen-bond acceptors (Lipinski definition) is 5. The van der Waals surface area contributed by atoms with Gasteiger partial charge in [0.25, 0.3) is 0 Å². The number of benzene rings is 1. The molecule has 1 atom stereocenters. The summed E-state index contributed by atoms with van der Waals surface area (Å²) < 4.78 is 29.5. The third kappa shape index (κ3) is 5.72. The van der Waals surface area contributed by atoms with Gasteiger partial charge in [-0.3, -0.25) is 0 Å². The van der Waals surface area contributed by atoms with E-state index in [4.69, 9.17) is 23.4 Å². The van der Waals surface area contributed by atoms with E-state index in [1.165, 1.54) is 11.1 Å². The van der Waals surface area contributed by atoms with Crippen molar-refractivity contribution in [2.24, 2.45) is 11.3 Å². The third-order valence-corrected chi connectivity index (χ3v) is 12.3. The monoisotopic (exact) mass is 490 g/mol. The van der Waals surface area contributed by atoms with Crippen LogP contribution in [0.4, 0.5) is 0 Å². The Balaban J connectivity index is 2.60. The number of allylic oxidation sites excluding steroid dienone is 3. The standard InChI is InChI=1S/C28H46O5Si/c1-19-23(18-29-7)28(5,6)20(17-25(19)33-34(11,12)27(2,3)4)16-22-21(26(31-9)32-10)14-13-15-24(22)30-8/h13-15,18,20,26H,16-17H2,1-12H3/b23-18+/t20-/m1/s1. The molecule has 1 aliphatic carbocycles. The lowest BCUT2D eigenvalue weighted by Crippen LogP contribution is -2.43. The van der Waals surface area contributed by atoms with E-state index in [9.17, 15) is 0 Å². The van der Waals surface area contributed by atoms with Gasteiger partial charge < -0.3 is 23.4 Å². The number of methoxy groups -OCH3 is 4. The Kier molecular flexibility index (Phi) is 9.11. The second kappa shape index (κ2) is 10.9. The van der Waals surface area contributed by atoms with Crippen LogP contribution in [0.3, 0.4) is 0 Å². The molecule has 1 aromatic rings. The molecule has 0 radical (unpaired) electrons. The van der Waals surface area contributed by atoms with Crippen LogP contribution in [0, 0.1) is 11.3 Å². The number of ether oxygens (including phenoxy) is 4. The minimum absolute atomic E-state index is 0.119. The minimum atomic E-state index is -2.00. The molecule has 6 heteroatoms. The van der Waals surface area contributed by atoms with E-state index in [2.05, 4.69) is 60.7 Å². The molecule has 5 nitrogen and oxygen atoms in total. The topological polar surface area (TPSA) is 46.2 Å². The third-order valence-electron chi connectivity index (χ3n) is 7.91. The highest BCUT2D eigenvalue weighted by Crippen LogP contribution is 2.51. The summed E-state index contributed by atoms with van der Waals surface area (Å²) in [4.78, 5) is 0. The van der Waals surface area contributed by atoms with Crippen molar-refractivity contribution in [1.29, 1.82) is 0 Å². The maximum atomic E-state index is 6.91. The van der Waals surface area contributed by atoms with Gasteiger partial charge in [-0.2, -0.15) is 0 Å². The zero-order valence-corrected chi connectivity index (χ0v) is 24.4. The number of rotatable bonds is 9. The second-order valence-corrected chi connectivity index (χ2v) is 16.1. The molecule has 0 fully saturated rings. The molecular formula is C28H46O5Si. The Labute approximate surface area is 208 Å². The van der Waals surface area contributed by atoms with Crippen molar-refractivity contribution in [3.05, 3.63) is 52.5 Å². The molecule has 1 aliphatic rings. The molecule has 0 unspecified atom stereocenters. The summed E-state index contributed by atoms with van der Waals surface area (Å²) in [7, 11) is 4.76. The highest BCUT2D eigenvalue weighted by atomic mass is 28.4. The first kappa shape index (κ1) is 28.5. The maximum Gasteiger partial charge on any atom is 0.250 e. The van der Waals surface area contributed by atoms with Crippen LogP contribution in [-0.4, -0.2) is 36.8 Å². The smallest absolute Gasteiger partial charge is 0.250 e. The Bertz CT molecular complexity index is 904. The molecule has 0 N–H and O–H groups in total. The molecule has 2 rings (SSSR count). The number of hydrogen-bond donors (Lipinski definition) is 0. The summed E-state index contributed by atoms with van der Waals surface area (Å²) in [6.07, 6.45) is 3.10. The molecule has 0 saturated heterocycles.